The van der Waals surface area contributed by atoms with Crippen molar-refractivity contribution in [1.82, 2.24) is 4.98 Å². The van der Waals surface area contributed by atoms with Crippen LogP contribution < -0.4 is 4.90 Å². The first-order valence-electron chi connectivity index (χ1n) is 6.59. The van der Waals surface area contributed by atoms with Crippen molar-refractivity contribution in [3.05, 3.63) is 36.0 Å². The first kappa shape index (κ1) is 12.4. The summed E-state index contributed by atoms with van der Waals surface area (Å²) in [5, 5.41) is 2.06. The molecule has 0 saturated carbocycles. The second-order valence-corrected chi connectivity index (χ2v) is 5.74. The van der Waals surface area contributed by atoms with Crippen molar-refractivity contribution in [3.8, 4) is 10.6 Å². The Kier molecular flexibility index (Phi) is 3.34. The second-order valence-electron chi connectivity index (χ2n) is 4.76. The number of thiazole rings is 1. The molecule has 0 radical (unpaired) electrons. The summed E-state index contributed by atoms with van der Waals surface area (Å²) in [5.41, 5.74) is 2.21. The van der Waals surface area contributed by atoms with Crippen LogP contribution in [0.25, 0.3) is 10.6 Å². The van der Waals surface area contributed by atoms with Crippen LogP contribution in [0.15, 0.2) is 30.3 Å². The molecule has 1 amide bonds. The lowest BCUT2D eigenvalue weighted by Gasteiger charge is -2.17. The highest BCUT2D eigenvalue weighted by Crippen LogP contribution is 2.37. The maximum Gasteiger partial charge on any atom is 0.224 e. The van der Waals surface area contributed by atoms with Gasteiger partial charge in [0.1, 0.15) is 10.0 Å². The number of anilines is 1. The number of aromatic nitrogens is 1. The van der Waals surface area contributed by atoms with Gasteiger partial charge < -0.3 is 4.90 Å². The zero-order chi connectivity index (χ0) is 13.2. The van der Waals surface area contributed by atoms with Gasteiger partial charge in [0.2, 0.25) is 5.91 Å². The molecule has 0 unspecified atom stereocenters. The van der Waals surface area contributed by atoms with Crippen LogP contribution in [0, 0.1) is 0 Å². The Balaban J connectivity index is 2.04. The number of carbonyl (C=O) groups excluding carboxylic acids is 1. The molecule has 1 aromatic heterocycles. The number of hydrogen-bond donors (Lipinski definition) is 0. The molecule has 0 fully saturated rings. The van der Waals surface area contributed by atoms with Crippen LogP contribution in [0.5, 0.6) is 0 Å². The van der Waals surface area contributed by atoms with E-state index in [1.807, 2.05) is 23.1 Å². The second kappa shape index (κ2) is 5.13. The molecule has 3 nitrogen and oxygen atoms in total. The zero-order valence-electron chi connectivity index (χ0n) is 10.9. The maximum atomic E-state index is 11.8. The highest BCUT2D eigenvalue weighted by atomic mass is 32.1. The fourth-order valence-corrected chi connectivity index (χ4v) is 3.57. The summed E-state index contributed by atoms with van der Waals surface area (Å²) in [4.78, 5) is 18.4. The smallest absolute Gasteiger partial charge is 0.224 e. The summed E-state index contributed by atoms with van der Waals surface area (Å²) in [6.45, 7) is 2.45. The van der Waals surface area contributed by atoms with Gasteiger partial charge in [-0.25, -0.2) is 4.98 Å². The van der Waals surface area contributed by atoms with Crippen LogP contribution in [-0.4, -0.2) is 17.4 Å². The van der Waals surface area contributed by atoms with E-state index in [1.165, 1.54) is 0 Å². The highest BCUT2D eigenvalue weighted by Gasteiger charge is 2.23. The van der Waals surface area contributed by atoms with Crippen LogP contribution in [0.1, 0.15) is 25.5 Å². The van der Waals surface area contributed by atoms with Gasteiger partial charge in [-0.15, -0.1) is 0 Å². The number of aryl methyl sites for hydroxylation is 1. The minimum atomic E-state index is 0.117. The number of rotatable bonds is 1. The van der Waals surface area contributed by atoms with E-state index in [2.05, 4.69) is 12.1 Å². The third-order valence-electron chi connectivity index (χ3n) is 3.37. The molecule has 98 valence electrons. The van der Waals surface area contributed by atoms with Gasteiger partial charge in [0.15, 0.2) is 0 Å². The van der Waals surface area contributed by atoms with Crippen LogP contribution in [0.4, 0.5) is 5.00 Å². The van der Waals surface area contributed by atoms with E-state index in [0.717, 1.165) is 47.1 Å². The standard InChI is InChI=1S/C15H16N2OS/c1-11(18)17-10-6-5-9-13-15(17)19-14(16-13)12-7-3-2-4-8-12/h2-4,7-8H,5-6,9-10H2,1H3. The number of carbonyl (C=O) groups is 1. The summed E-state index contributed by atoms with van der Waals surface area (Å²) in [6.07, 6.45) is 3.14. The van der Waals surface area contributed by atoms with E-state index in [1.54, 1.807) is 18.3 Å². The van der Waals surface area contributed by atoms with Crippen molar-refractivity contribution in [2.75, 3.05) is 11.4 Å². The molecule has 0 aliphatic carbocycles. The molecule has 0 bridgehead atoms. The number of amides is 1. The summed E-state index contributed by atoms with van der Waals surface area (Å²) in [7, 11) is 0. The Labute approximate surface area is 116 Å². The molecule has 1 aliphatic heterocycles. The van der Waals surface area contributed by atoms with E-state index in [-0.39, 0.29) is 5.91 Å². The molecule has 0 atom stereocenters. The molecular formula is C15H16N2OS. The maximum absolute atomic E-state index is 11.8. The zero-order valence-corrected chi connectivity index (χ0v) is 11.7. The Morgan fingerprint density at radius 3 is 2.79 bits per heavy atom. The summed E-state index contributed by atoms with van der Waals surface area (Å²) in [6, 6.07) is 10.2. The molecule has 0 N–H and O–H groups in total. The number of benzene rings is 1. The molecule has 19 heavy (non-hydrogen) atoms. The Hall–Kier alpha value is -1.68. The van der Waals surface area contributed by atoms with Crippen LogP contribution >= 0.6 is 11.3 Å². The lowest BCUT2D eigenvalue weighted by Crippen LogP contribution is -2.28. The molecule has 0 spiro atoms. The van der Waals surface area contributed by atoms with Crippen molar-refractivity contribution in [2.24, 2.45) is 0 Å². The van der Waals surface area contributed by atoms with E-state index in [0.29, 0.717) is 0 Å². The van der Waals surface area contributed by atoms with Crippen LogP contribution in [0.2, 0.25) is 0 Å². The summed E-state index contributed by atoms with van der Waals surface area (Å²) in [5.74, 6) is 0.117. The van der Waals surface area contributed by atoms with Crippen molar-refractivity contribution < 1.29 is 4.79 Å². The first-order valence-corrected chi connectivity index (χ1v) is 7.40. The minimum absolute atomic E-state index is 0.117. The van der Waals surface area contributed by atoms with Gasteiger partial charge in [0, 0.05) is 19.0 Å². The predicted molar refractivity (Wildman–Crippen MR) is 78.5 cm³/mol. The van der Waals surface area contributed by atoms with Crippen molar-refractivity contribution >= 4 is 22.2 Å². The minimum Gasteiger partial charge on any atom is -0.302 e. The highest BCUT2D eigenvalue weighted by molar-refractivity contribution is 7.19. The third kappa shape index (κ3) is 2.40. The molecule has 2 heterocycles. The molecule has 1 aromatic carbocycles. The Bertz CT molecular complexity index is 591. The molecule has 3 rings (SSSR count). The molecule has 4 heteroatoms. The summed E-state index contributed by atoms with van der Waals surface area (Å²) < 4.78 is 0. The average molecular weight is 272 g/mol. The average Bonchev–Trinajstić information content (AvgIpc) is 2.73. The molecular weight excluding hydrogens is 256 g/mol. The van der Waals surface area contributed by atoms with Gasteiger partial charge in [-0.3, -0.25) is 4.79 Å². The molecule has 0 saturated heterocycles. The van der Waals surface area contributed by atoms with Gasteiger partial charge in [-0.05, 0) is 19.3 Å². The van der Waals surface area contributed by atoms with Gasteiger partial charge in [-0.1, -0.05) is 41.7 Å². The SMILES string of the molecule is CC(=O)N1CCCCc2nc(-c3ccccc3)sc21. The Morgan fingerprint density at radius 1 is 1.26 bits per heavy atom. The lowest BCUT2D eigenvalue weighted by molar-refractivity contribution is -0.116. The fraction of sp³-hybridized carbons (Fsp3) is 0.333. The monoisotopic (exact) mass is 272 g/mol. The quantitative estimate of drug-likeness (QED) is 0.796. The van der Waals surface area contributed by atoms with Crippen molar-refractivity contribution in [1.29, 1.82) is 0 Å². The number of fused-ring (bicyclic) bond motifs is 1. The van der Waals surface area contributed by atoms with Gasteiger partial charge >= 0.3 is 0 Å². The normalized spacial score (nSPS) is 14.9. The van der Waals surface area contributed by atoms with E-state index in [4.69, 9.17) is 4.98 Å². The summed E-state index contributed by atoms with van der Waals surface area (Å²) >= 11 is 1.63. The van der Waals surface area contributed by atoms with Crippen LogP contribution in [0.3, 0.4) is 0 Å². The fourth-order valence-electron chi connectivity index (χ4n) is 2.39. The topological polar surface area (TPSA) is 33.2 Å². The predicted octanol–water partition coefficient (Wildman–Crippen LogP) is 3.50. The number of hydrogen-bond acceptors (Lipinski definition) is 3. The van der Waals surface area contributed by atoms with E-state index >= 15 is 0 Å². The van der Waals surface area contributed by atoms with Gasteiger partial charge in [0.25, 0.3) is 0 Å². The largest absolute Gasteiger partial charge is 0.302 e. The van der Waals surface area contributed by atoms with Crippen LogP contribution in [-0.2, 0) is 11.2 Å². The van der Waals surface area contributed by atoms with Gasteiger partial charge in [0.05, 0.1) is 5.69 Å². The third-order valence-corrected chi connectivity index (χ3v) is 4.54. The van der Waals surface area contributed by atoms with E-state index < -0.39 is 0 Å². The Morgan fingerprint density at radius 2 is 2.05 bits per heavy atom. The number of nitrogens with zero attached hydrogens (tertiary/aromatic N) is 2. The lowest BCUT2D eigenvalue weighted by atomic mass is 10.2. The molecule has 2 aromatic rings. The van der Waals surface area contributed by atoms with Gasteiger partial charge in [-0.2, -0.15) is 0 Å². The first-order chi connectivity index (χ1) is 9.25. The van der Waals surface area contributed by atoms with E-state index in [9.17, 15) is 4.79 Å². The molecule has 1 aliphatic rings. The van der Waals surface area contributed by atoms with Crippen molar-refractivity contribution in [3.63, 3.8) is 0 Å². The van der Waals surface area contributed by atoms with Crippen molar-refractivity contribution in [2.45, 2.75) is 26.2 Å².